The number of piperidine rings is 2. The van der Waals surface area contributed by atoms with E-state index < -0.39 is 0 Å². The molecule has 1 unspecified atom stereocenters. The van der Waals surface area contributed by atoms with Crippen LogP contribution < -0.4 is 5.32 Å². The molecule has 3 nitrogen and oxygen atoms in total. The molecule has 0 aromatic rings. The predicted molar refractivity (Wildman–Crippen MR) is 61.9 cm³/mol. The third-order valence-corrected chi connectivity index (χ3v) is 3.82. The van der Waals surface area contributed by atoms with E-state index in [9.17, 15) is 5.11 Å². The molecule has 2 aliphatic rings. The van der Waals surface area contributed by atoms with Crippen LogP contribution in [0.5, 0.6) is 0 Å². The summed E-state index contributed by atoms with van der Waals surface area (Å²) in [5.41, 5.74) is 0. The monoisotopic (exact) mass is 212 g/mol. The van der Waals surface area contributed by atoms with Crippen molar-refractivity contribution in [3.05, 3.63) is 0 Å². The van der Waals surface area contributed by atoms with Crippen LogP contribution in [0.3, 0.4) is 0 Å². The van der Waals surface area contributed by atoms with Crippen molar-refractivity contribution < 1.29 is 5.11 Å². The molecule has 0 bridgehead atoms. The average Bonchev–Trinajstić information content (AvgIpc) is 2.31. The number of nitrogens with one attached hydrogen (secondary N) is 1. The fourth-order valence-electron chi connectivity index (χ4n) is 2.78. The second-order valence-electron chi connectivity index (χ2n) is 5.02. The quantitative estimate of drug-likeness (QED) is 0.727. The Balaban J connectivity index is 1.72. The van der Waals surface area contributed by atoms with Gasteiger partial charge in [-0.1, -0.05) is 6.42 Å². The molecular formula is C12H24N2O. The lowest BCUT2D eigenvalue weighted by atomic mass is 9.91. The number of β-amino-alcohol motifs (C(OH)–C–C–N with tert-alkyl or cyclic N) is 1. The summed E-state index contributed by atoms with van der Waals surface area (Å²) in [6.07, 6.45) is 6.21. The summed E-state index contributed by atoms with van der Waals surface area (Å²) < 4.78 is 0. The highest BCUT2D eigenvalue weighted by molar-refractivity contribution is 4.78. The highest BCUT2D eigenvalue weighted by Crippen LogP contribution is 2.18. The normalized spacial score (nSPS) is 27.8. The first-order valence-corrected chi connectivity index (χ1v) is 6.47. The van der Waals surface area contributed by atoms with Gasteiger partial charge in [0, 0.05) is 6.54 Å². The van der Waals surface area contributed by atoms with Gasteiger partial charge in [0.25, 0.3) is 0 Å². The Hall–Kier alpha value is -0.120. The second kappa shape index (κ2) is 5.83. The first-order chi connectivity index (χ1) is 7.36. The molecule has 0 aromatic heterocycles. The summed E-state index contributed by atoms with van der Waals surface area (Å²) >= 11 is 0. The largest absolute Gasteiger partial charge is 0.392 e. The van der Waals surface area contributed by atoms with Crippen LogP contribution in [0.2, 0.25) is 0 Å². The van der Waals surface area contributed by atoms with E-state index in [1.807, 2.05) is 0 Å². The predicted octanol–water partition coefficient (Wildman–Crippen LogP) is 0.833. The smallest absolute Gasteiger partial charge is 0.0696 e. The SMILES string of the molecule is OC(CN1CCCCC1)C1CCNCC1. The number of aliphatic hydroxyl groups is 1. The third kappa shape index (κ3) is 3.44. The van der Waals surface area contributed by atoms with E-state index in [2.05, 4.69) is 10.2 Å². The van der Waals surface area contributed by atoms with Crippen LogP contribution in [0.15, 0.2) is 0 Å². The van der Waals surface area contributed by atoms with Crippen LogP contribution in [0, 0.1) is 5.92 Å². The van der Waals surface area contributed by atoms with E-state index in [1.54, 1.807) is 0 Å². The van der Waals surface area contributed by atoms with Gasteiger partial charge in [-0.2, -0.15) is 0 Å². The van der Waals surface area contributed by atoms with E-state index >= 15 is 0 Å². The Morgan fingerprint density at radius 2 is 1.80 bits per heavy atom. The van der Waals surface area contributed by atoms with Crippen LogP contribution in [-0.2, 0) is 0 Å². The molecule has 15 heavy (non-hydrogen) atoms. The number of rotatable bonds is 3. The van der Waals surface area contributed by atoms with Gasteiger partial charge in [-0.3, -0.25) is 0 Å². The van der Waals surface area contributed by atoms with Gasteiger partial charge in [-0.25, -0.2) is 0 Å². The average molecular weight is 212 g/mol. The highest BCUT2D eigenvalue weighted by Gasteiger charge is 2.23. The van der Waals surface area contributed by atoms with Gasteiger partial charge in [-0.05, 0) is 57.8 Å². The molecule has 3 heteroatoms. The maximum atomic E-state index is 10.2. The molecule has 0 saturated carbocycles. The summed E-state index contributed by atoms with van der Waals surface area (Å²) in [7, 11) is 0. The standard InChI is InChI=1S/C12H24N2O/c15-12(11-4-6-13-7-5-11)10-14-8-2-1-3-9-14/h11-13,15H,1-10H2. The first-order valence-electron chi connectivity index (χ1n) is 6.47. The van der Waals surface area contributed by atoms with Gasteiger partial charge in [0.2, 0.25) is 0 Å². The summed E-state index contributed by atoms with van der Waals surface area (Å²) in [5, 5.41) is 13.5. The van der Waals surface area contributed by atoms with Crippen LogP contribution in [0.4, 0.5) is 0 Å². The van der Waals surface area contributed by atoms with Crippen molar-refractivity contribution in [2.45, 2.75) is 38.2 Å². The van der Waals surface area contributed by atoms with Crippen molar-refractivity contribution in [3.63, 3.8) is 0 Å². The lowest BCUT2D eigenvalue weighted by Gasteiger charge is -2.33. The maximum Gasteiger partial charge on any atom is 0.0696 e. The first kappa shape index (κ1) is 11.4. The number of nitrogens with zero attached hydrogens (tertiary/aromatic N) is 1. The Morgan fingerprint density at radius 1 is 1.13 bits per heavy atom. The van der Waals surface area contributed by atoms with Crippen molar-refractivity contribution in [2.75, 3.05) is 32.7 Å². The summed E-state index contributed by atoms with van der Waals surface area (Å²) in [5.74, 6) is 0.535. The summed E-state index contributed by atoms with van der Waals surface area (Å²) in [6.45, 7) is 5.47. The van der Waals surface area contributed by atoms with Crippen LogP contribution in [0.25, 0.3) is 0 Å². The van der Waals surface area contributed by atoms with Gasteiger partial charge in [0.1, 0.15) is 0 Å². The van der Waals surface area contributed by atoms with Gasteiger partial charge < -0.3 is 15.3 Å². The van der Waals surface area contributed by atoms with Gasteiger partial charge in [0.15, 0.2) is 0 Å². The van der Waals surface area contributed by atoms with Crippen LogP contribution in [-0.4, -0.2) is 48.8 Å². The minimum absolute atomic E-state index is 0.0924. The van der Waals surface area contributed by atoms with Crippen LogP contribution >= 0.6 is 0 Å². The number of hydrogen-bond donors (Lipinski definition) is 2. The Labute approximate surface area is 92.8 Å². The molecule has 0 aliphatic carbocycles. The molecule has 2 heterocycles. The fraction of sp³-hybridized carbons (Fsp3) is 1.00. The summed E-state index contributed by atoms with van der Waals surface area (Å²) in [6, 6.07) is 0. The summed E-state index contributed by atoms with van der Waals surface area (Å²) in [4.78, 5) is 2.44. The van der Waals surface area contributed by atoms with Crippen molar-refractivity contribution >= 4 is 0 Å². The zero-order valence-corrected chi connectivity index (χ0v) is 9.62. The van der Waals surface area contributed by atoms with E-state index in [4.69, 9.17) is 0 Å². The number of aliphatic hydroxyl groups excluding tert-OH is 1. The molecule has 0 spiro atoms. The van der Waals surface area contributed by atoms with Crippen molar-refractivity contribution in [1.82, 2.24) is 10.2 Å². The molecular weight excluding hydrogens is 188 g/mol. The maximum absolute atomic E-state index is 10.2. The number of likely N-dealkylation sites (tertiary alicyclic amines) is 1. The second-order valence-corrected chi connectivity index (χ2v) is 5.02. The molecule has 0 radical (unpaired) electrons. The molecule has 0 aromatic carbocycles. The molecule has 88 valence electrons. The molecule has 2 rings (SSSR count). The van der Waals surface area contributed by atoms with E-state index in [1.165, 1.54) is 32.4 Å². The minimum atomic E-state index is -0.0924. The lowest BCUT2D eigenvalue weighted by Crippen LogP contribution is -2.42. The minimum Gasteiger partial charge on any atom is -0.392 e. The van der Waals surface area contributed by atoms with Crippen LogP contribution in [0.1, 0.15) is 32.1 Å². The van der Waals surface area contributed by atoms with Crippen molar-refractivity contribution in [1.29, 1.82) is 0 Å². The van der Waals surface area contributed by atoms with Crippen molar-refractivity contribution in [3.8, 4) is 0 Å². The molecule has 2 fully saturated rings. The lowest BCUT2D eigenvalue weighted by molar-refractivity contribution is 0.0446. The van der Waals surface area contributed by atoms with Gasteiger partial charge in [0.05, 0.1) is 6.10 Å². The topological polar surface area (TPSA) is 35.5 Å². The molecule has 2 aliphatic heterocycles. The molecule has 1 atom stereocenters. The zero-order valence-electron chi connectivity index (χ0n) is 9.62. The Bertz CT molecular complexity index is 174. The molecule has 2 saturated heterocycles. The molecule has 2 N–H and O–H groups in total. The van der Waals surface area contributed by atoms with Gasteiger partial charge >= 0.3 is 0 Å². The Morgan fingerprint density at radius 3 is 2.47 bits per heavy atom. The van der Waals surface area contributed by atoms with E-state index in [0.717, 1.165) is 32.5 Å². The fourth-order valence-corrected chi connectivity index (χ4v) is 2.78. The van der Waals surface area contributed by atoms with E-state index in [-0.39, 0.29) is 6.10 Å². The Kier molecular flexibility index (Phi) is 4.42. The van der Waals surface area contributed by atoms with E-state index in [0.29, 0.717) is 5.92 Å². The van der Waals surface area contributed by atoms with Gasteiger partial charge in [-0.15, -0.1) is 0 Å². The number of hydrogen-bond acceptors (Lipinski definition) is 3. The highest BCUT2D eigenvalue weighted by atomic mass is 16.3. The third-order valence-electron chi connectivity index (χ3n) is 3.82. The molecule has 0 amide bonds. The van der Waals surface area contributed by atoms with Crippen molar-refractivity contribution in [2.24, 2.45) is 5.92 Å². The zero-order chi connectivity index (χ0) is 10.5.